The third-order valence-corrected chi connectivity index (χ3v) is 6.05. The van der Waals surface area contributed by atoms with Gasteiger partial charge in [0.15, 0.2) is 0 Å². The number of likely N-dealkylation sites (tertiary alicyclic amines) is 2. The molecule has 2 aliphatic rings. The van der Waals surface area contributed by atoms with E-state index in [9.17, 15) is 14.7 Å². The molecule has 0 radical (unpaired) electrons. The normalized spacial score (nSPS) is 24.8. The van der Waals surface area contributed by atoms with Gasteiger partial charge in [0.2, 0.25) is 5.91 Å². The minimum absolute atomic E-state index is 0.0643. The Labute approximate surface area is 165 Å². The second-order valence-corrected chi connectivity index (χ2v) is 8.11. The number of carboxylic acids is 1. The summed E-state index contributed by atoms with van der Waals surface area (Å²) < 4.78 is 0. The monoisotopic (exact) mass is 393 g/mol. The van der Waals surface area contributed by atoms with Crippen molar-refractivity contribution in [1.82, 2.24) is 15.1 Å². The molecule has 0 aliphatic carbocycles. The van der Waals surface area contributed by atoms with Gasteiger partial charge in [-0.1, -0.05) is 36.7 Å². The molecule has 2 aliphatic heterocycles. The first-order valence-corrected chi connectivity index (χ1v) is 10.0. The van der Waals surface area contributed by atoms with E-state index < -0.39 is 11.9 Å². The second kappa shape index (κ2) is 9.04. The summed E-state index contributed by atoms with van der Waals surface area (Å²) in [6.45, 7) is 5.77. The molecule has 2 heterocycles. The van der Waals surface area contributed by atoms with Gasteiger partial charge >= 0.3 is 5.97 Å². The van der Waals surface area contributed by atoms with E-state index in [-0.39, 0.29) is 24.4 Å². The molecule has 27 heavy (non-hydrogen) atoms. The lowest BCUT2D eigenvalue weighted by atomic mass is 9.99. The fourth-order valence-electron chi connectivity index (χ4n) is 4.22. The number of hydrogen-bond donors (Lipinski definition) is 2. The van der Waals surface area contributed by atoms with Crippen molar-refractivity contribution in [2.24, 2.45) is 11.8 Å². The van der Waals surface area contributed by atoms with E-state index in [1.807, 2.05) is 36.1 Å². The van der Waals surface area contributed by atoms with Gasteiger partial charge in [0.05, 0.1) is 18.5 Å². The molecule has 1 aromatic carbocycles. The van der Waals surface area contributed by atoms with Crippen molar-refractivity contribution >= 4 is 23.5 Å². The van der Waals surface area contributed by atoms with Crippen molar-refractivity contribution in [3.05, 3.63) is 34.9 Å². The maximum absolute atomic E-state index is 12.5. The van der Waals surface area contributed by atoms with E-state index in [1.54, 1.807) is 0 Å². The van der Waals surface area contributed by atoms with Crippen LogP contribution in [0.4, 0.5) is 0 Å². The fraction of sp³-hybridized carbons (Fsp3) is 0.600. The van der Waals surface area contributed by atoms with Crippen molar-refractivity contribution in [3.63, 3.8) is 0 Å². The molecular formula is C20H28ClN3O3. The highest BCUT2D eigenvalue weighted by Crippen LogP contribution is 2.29. The zero-order valence-corrected chi connectivity index (χ0v) is 16.5. The van der Waals surface area contributed by atoms with Gasteiger partial charge in [0.1, 0.15) is 0 Å². The molecule has 2 fully saturated rings. The van der Waals surface area contributed by atoms with Crippen LogP contribution in [-0.2, 0) is 9.59 Å². The average Bonchev–Trinajstić information content (AvgIpc) is 3.26. The number of rotatable bonds is 7. The minimum atomic E-state index is -0.779. The third-order valence-electron chi connectivity index (χ3n) is 5.71. The van der Waals surface area contributed by atoms with Gasteiger partial charge in [-0.3, -0.25) is 19.4 Å². The highest BCUT2D eigenvalue weighted by molar-refractivity contribution is 6.31. The van der Waals surface area contributed by atoms with Gasteiger partial charge < -0.3 is 10.4 Å². The van der Waals surface area contributed by atoms with Crippen molar-refractivity contribution in [2.45, 2.75) is 25.8 Å². The van der Waals surface area contributed by atoms with Crippen LogP contribution in [0.1, 0.15) is 31.4 Å². The van der Waals surface area contributed by atoms with Crippen LogP contribution in [0, 0.1) is 11.8 Å². The number of hydrogen-bond acceptors (Lipinski definition) is 4. The van der Waals surface area contributed by atoms with Crippen molar-refractivity contribution < 1.29 is 14.7 Å². The summed E-state index contributed by atoms with van der Waals surface area (Å²) in [5.74, 6) is -1.17. The van der Waals surface area contributed by atoms with E-state index in [0.29, 0.717) is 19.6 Å². The molecule has 0 bridgehead atoms. The molecule has 0 aromatic heterocycles. The summed E-state index contributed by atoms with van der Waals surface area (Å²) in [4.78, 5) is 28.0. The van der Waals surface area contributed by atoms with E-state index in [4.69, 9.17) is 11.6 Å². The molecular weight excluding hydrogens is 366 g/mol. The summed E-state index contributed by atoms with van der Waals surface area (Å²) in [6.07, 6.45) is 2.33. The standard InChI is InChI=1S/C20H28ClN3O3/c1-14-11-23(12-16(14)20(26)27)13-19(25)22-10-18(24-8-4-5-9-24)15-6-2-3-7-17(15)21/h2-3,6-7,14,16,18H,4-5,8-13H2,1H3,(H,22,25)(H,26,27)/t14-,16-,18?/m1/s1. The van der Waals surface area contributed by atoms with Crippen LogP contribution < -0.4 is 5.32 Å². The van der Waals surface area contributed by atoms with E-state index in [1.165, 1.54) is 0 Å². The summed E-state index contributed by atoms with van der Waals surface area (Å²) in [6, 6.07) is 7.87. The molecule has 2 saturated heterocycles. The first kappa shape index (κ1) is 20.1. The molecule has 3 rings (SSSR count). The van der Waals surface area contributed by atoms with Gasteiger partial charge in [-0.15, -0.1) is 0 Å². The number of aliphatic carboxylic acids is 1. The lowest BCUT2D eigenvalue weighted by molar-refractivity contribution is -0.142. The number of carboxylic acid groups (broad SMARTS) is 1. The molecule has 2 N–H and O–H groups in total. The lowest BCUT2D eigenvalue weighted by Gasteiger charge is -2.29. The number of nitrogens with zero attached hydrogens (tertiary/aromatic N) is 2. The minimum Gasteiger partial charge on any atom is -0.481 e. The number of carbonyl (C=O) groups is 2. The SMILES string of the molecule is C[C@@H]1CN(CC(=O)NCC(c2ccccc2Cl)N2CCCC2)C[C@H]1C(=O)O. The molecule has 1 amide bonds. The van der Waals surface area contributed by atoms with Gasteiger partial charge in [0.25, 0.3) is 0 Å². The van der Waals surface area contributed by atoms with Crippen molar-refractivity contribution in [3.8, 4) is 0 Å². The number of halogens is 1. The van der Waals surface area contributed by atoms with Gasteiger partial charge in [0, 0.05) is 24.7 Å². The Morgan fingerprint density at radius 2 is 1.96 bits per heavy atom. The van der Waals surface area contributed by atoms with Crippen LogP contribution >= 0.6 is 11.6 Å². The Balaban J connectivity index is 1.58. The number of amides is 1. The fourth-order valence-corrected chi connectivity index (χ4v) is 4.48. The Morgan fingerprint density at radius 3 is 2.59 bits per heavy atom. The number of nitrogens with one attached hydrogen (secondary N) is 1. The van der Waals surface area contributed by atoms with Crippen LogP contribution in [0.3, 0.4) is 0 Å². The Bertz CT molecular complexity index is 678. The molecule has 1 unspecified atom stereocenters. The van der Waals surface area contributed by atoms with Crippen LogP contribution in [0.2, 0.25) is 5.02 Å². The summed E-state index contributed by atoms with van der Waals surface area (Å²) in [5.41, 5.74) is 1.04. The Morgan fingerprint density at radius 1 is 1.26 bits per heavy atom. The summed E-state index contributed by atoms with van der Waals surface area (Å²) in [7, 11) is 0. The smallest absolute Gasteiger partial charge is 0.308 e. The predicted molar refractivity (Wildman–Crippen MR) is 105 cm³/mol. The quantitative estimate of drug-likeness (QED) is 0.743. The molecule has 148 valence electrons. The number of benzene rings is 1. The van der Waals surface area contributed by atoms with E-state index >= 15 is 0 Å². The Hall–Kier alpha value is -1.63. The lowest BCUT2D eigenvalue weighted by Crippen LogP contribution is -2.41. The van der Waals surface area contributed by atoms with Crippen LogP contribution in [0.25, 0.3) is 0 Å². The first-order chi connectivity index (χ1) is 13.0. The molecule has 0 saturated carbocycles. The summed E-state index contributed by atoms with van der Waals surface area (Å²) >= 11 is 6.41. The zero-order chi connectivity index (χ0) is 19.4. The topological polar surface area (TPSA) is 72.9 Å². The average molecular weight is 394 g/mol. The summed E-state index contributed by atoms with van der Waals surface area (Å²) in [5, 5.41) is 13.0. The van der Waals surface area contributed by atoms with Crippen LogP contribution in [0.15, 0.2) is 24.3 Å². The van der Waals surface area contributed by atoms with Gasteiger partial charge in [-0.05, 0) is 43.5 Å². The van der Waals surface area contributed by atoms with Crippen LogP contribution in [-0.4, -0.2) is 66.1 Å². The van der Waals surface area contributed by atoms with Crippen molar-refractivity contribution in [1.29, 1.82) is 0 Å². The van der Waals surface area contributed by atoms with Gasteiger partial charge in [-0.2, -0.15) is 0 Å². The number of carbonyl (C=O) groups excluding carboxylic acids is 1. The largest absolute Gasteiger partial charge is 0.481 e. The molecule has 0 spiro atoms. The first-order valence-electron chi connectivity index (χ1n) is 9.66. The molecule has 3 atom stereocenters. The maximum Gasteiger partial charge on any atom is 0.308 e. The third kappa shape index (κ3) is 5.00. The maximum atomic E-state index is 12.5. The van der Waals surface area contributed by atoms with Crippen LogP contribution in [0.5, 0.6) is 0 Å². The van der Waals surface area contributed by atoms with E-state index in [0.717, 1.165) is 36.5 Å². The highest BCUT2D eigenvalue weighted by atomic mass is 35.5. The molecule has 7 heteroatoms. The highest BCUT2D eigenvalue weighted by Gasteiger charge is 2.35. The molecule has 1 aromatic rings. The second-order valence-electron chi connectivity index (χ2n) is 7.70. The van der Waals surface area contributed by atoms with E-state index in [2.05, 4.69) is 10.2 Å². The zero-order valence-electron chi connectivity index (χ0n) is 15.7. The van der Waals surface area contributed by atoms with Gasteiger partial charge in [-0.25, -0.2) is 0 Å². The molecule has 6 nitrogen and oxygen atoms in total. The van der Waals surface area contributed by atoms with Crippen molar-refractivity contribution in [2.75, 3.05) is 39.3 Å². The Kier molecular flexibility index (Phi) is 6.73. The predicted octanol–water partition coefficient (Wildman–Crippen LogP) is 2.25.